The van der Waals surface area contributed by atoms with Crippen LogP contribution in [0.25, 0.3) is 0 Å². The molecule has 0 saturated heterocycles. The lowest BCUT2D eigenvalue weighted by Gasteiger charge is -2.21. The number of thioether (sulfide) groups is 1. The molecule has 0 N–H and O–H groups in total. The van der Waals surface area contributed by atoms with Crippen molar-refractivity contribution in [3.05, 3.63) is 22.7 Å². The molecule has 3 nitrogen and oxygen atoms in total. The topological polar surface area (TPSA) is 35.5 Å². The van der Waals surface area contributed by atoms with Gasteiger partial charge < -0.3 is 9.47 Å². The standard InChI is InChI=1S/C12H15BrO3S/c1-12(2,11(14)16-4)17-8-5-6-10(15-3)9(13)7-8/h5-7H,1-4H3. The number of hydrogen-bond acceptors (Lipinski definition) is 4. The highest BCUT2D eigenvalue weighted by Gasteiger charge is 2.30. The zero-order valence-corrected chi connectivity index (χ0v) is 12.6. The van der Waals surface area contributed by atoms with Gasteiger partial charge in [0.05, 0.1) is 18.7 Å². The quantitative estimate of drug-likeness (QED) is 0.628. The van der Waals surface area contributed by atoms with Crippen molar-refractivity contribution in [2.24, 2.45) is 0 Å². The Balaban J connectivity index is 2.89. The van der Waals surface area contributed by atoms with E-state index in [1.807, 2.05) is 32.0 Å². The molecule has 0 unspecified atom stereocenters. The van der Waals surface area contributed by atoms with Crippen LogP contribution in [-0.4, -0.2) is 24.9 Å². The molecule has 0 spiro atoms. The molecule has 0 heterocycles. The first-order chi connectivity index (χ1) is 7.90. The second-order valence-corrected chi connectivity index (χ2v) is 6.45. The summed E-state index contributed by atoms with van der Waals surface area (Å²) in [7, 11) is 3.01. The molecule has 1 aromatic rings. The predicted molar refractivity (Wildman–Crippen MR) is 72.6 cm³/mol. The Bertz CT molecular complexity index is 418. The molecule has 17 heavy (non-hydrogen) atoms. The molecule has 1 rings (SSSR count). The Morgan fingerprint density at radius 3 is 2.47 bits per heavy atom. The lowest BCUT2D eigenvalue weighted by Crippen LogP contribution is -2.28. The lowest BCUT2D eigenvalue weighted by atomic mass is 10.2. The highest BCUT2D eigenvalue weighted by molar-refractivity contribution is 9.10. The van der Waals surface area contributed by atoms with Crippen LogP contribution in [0, 0.1) is 0 Å². The van der Waals surface area contributed by atoms with Gasteiger partial charge in [0.2, 0.25) is 0 Å². The fraction of sp³-hybridized carbons (Fsp3) is 0.417. The third-order valence-electron chi connectivity index (χ3n) is 2.17. The number of esters is 1. The van der Waals surface area contributed by atoms with Gasteiger partial charge in [-0.1, -0.05) is 0 Å². The molecule has 0 saturated carbocycles. The maximum atomic E-state index is 11.6. The van der Waals surface area contributed by atoms with Crippen molar-refractivity contribution < 1.29 is 14.3 Å². The maximum absolute atomic E-state index is 11.6. The number of carbonyl (C=O) groups excluding carboxylic acids is 1. The van der Waals surface area contributed by atoms with Crippen LogP contribution in [0.1, 0.15) is 13.8 Å². The van der Waals surface area contributed by atoms with Crippen molar-refractivity contribution >= 4 is 33.7 Å². The summed E-state index contributed by atoms with van der Waals surface area (Å²) in [6.07, 6.45) is 0. The SMILES string of the molecule is COC(=O)C(C)(C)Sc1ccc(OC)c(Br)c1. The summed E-state index contributed by atoms with van der Waals surface area (Å²) in [5, 5.41) is 0. The van der Waals surface area contributed by atoms with E-state index in [0.717, 1.165) is 15.1 Å². The normalized spacial score (nSPS) is 11.1. The van der Waals surface area contributed by atoms with Gasteiger partial charge in [-0.3, -0.25) is 4.79 Å². The number of ether oxygens (including phenoxy) is 2. The monoisotopic (exact) mass is 318 g/mol. The first-order valence-corrected chi connectivity index (χ1v) is 6.62. The number of benzene rings is 1. The maximum Gasteiger partial charge on any atom is 0.321 e. The summed E-state index contributed by atoms with van der Waals surface area (Å²) >= 11 is 4.87. The van der Waals surface area contributed by atoms with Crippen LogP contribution in [0.15, 0.2) is 27.6 Å². The summed E-state index contributed by atoms with van der Waals surface area (Å²) in [6.45, 7) is 3.67. The van der Waals surface area contributed by atoms with Crippen molar-refractivity contribution in [1.29, 1.82) is 0 Å². The molecular weight excluding hydrogens is 304 g/mol. The van der Waals surface area contributed by atoms with Crippen molar-refractivity contribution in [1.82, 2.24) is 0 Å². The second kappa shape index (κ2) is 5.78. The van der Waals surface area contributed by atoms with Gasteiger partial charge in [-0.2, -0.15) is 0 Å². The van der Waals surface area contributed by atoms with Gasteiger partial charge in [0.15, 0.2) is 0 Å². The van der Waals surface area contributed by atoms with Crippen molar-refractivity contribution in [2.45, 2.75) is 23.5 Å². The van der Waals surface area contributed by atoms with E-state index in [1.54, 1.807) is 7.11 Å². The van der Waals surface area contributed by atoms with Gasteiger partial charge >= 0.3 is 5.97 Å². The molecular formula is C12H15BrO3S. The van der Waals surface area contributed by atoms with Gasteiger partial charge in [0, 0.05) is 4.90 Å². The van der Waals surface area contributed by atoms with Crippen LogP contribution in [-0.2, 0) is 9.53 Å². The highest BCUT2D eigenvalue weighted by Crippen LogP contribution is 2.37. The third kappa shape index (κ3) is 3.64. The number of rotatable bonds is 4. The van der Waals surface area contributed by atoms with Crippen molar-refractivity contribution in [3.8, 4) is 5.75 Å². The number of carbonyl (C=O) groups is 1. The van der Waals surface area contributed by atoms with Crippen LogP contribution < -0.4 is 4.74 Å². The van der Waals surface area contributed by atoms with E-state index < -0.39 is 4.75 Å². The Hall–Kier alpha value is -0.680. The Kier molecular flexibility index (Phi) is 4.89. The van der Waals surface area contributed by atoms with E-state index in [2.05, 4.69) is 15.9 Å². The van der Waals surface area contributed by atoms with Crippen LogP contribution in [0.5, 0.6) is 5.75 Å². The third-order valence-corrected chi connectivity index (χ3v) is 3.96. The zero-order chi connectivity index (χ0) is 13.1. The molecule has 94 valence electrons. The van der Waals surface area contributed by atoms with Crippen molar-refractivity contribution in [3.63, 3.8) is 0 Å². The predicted octanol–water partition coefficient (Wildman–Crippen LogP) is 3.50. The summed E-state index contributed by atoms with van der Waals surface area (Å²) in [6, 6.07) is 5.70. The molecule has 0 bridgehead atoms. The van der Waals surface area contributed by atoms with Gasteiger partial charge in [-0.15, -0.1) is 11.8 Å². The van der Waals surface area contributed by atoms with E-state index in [9.17, 15) is 4.79 Å². The second-order valence-electron chi connectivity index (χ2n) is 3.90. The van der Waals surface area contributed by atoms with Crippen LogP contribution >= 0.6 is 27.7 Å². The number of hydrogen-bond donors (Lipinski definition) is 0. The fourth-order valence-corrected chi connectivity index (χ4v) is 3.05. The molecule has 1 aromatic carbocycles. The van der Waals surface area contributed by atoms with E-state index >= 15 is 0 Å². The largest absolute Gasteiger partial charge is 0.496 e. The first-order valence-electron chi connectivity index (χ1n) is 5.01. The molecule has 0 aliphatic heterocycles. The Morgan fingerprint density at radius 2 is 2.00 bits per heavy atom. The Morgan fingerprint density at radius 1 is 1.35 bits per heavy atom. The van der Waals surface area contributed by atoms with Crippen LogP contribution in [0.3, 0.4) is 0 Å². The van der Waals surface area contributed by atoms with Crippen LogP contribution in [0.4, 0.5) is 0 Å². The average Bonchev–Trinajstić information content (AvgIpc) is 2.27. The Labute approximate surface area is 114 Å². The number of methoxy groups -OCH3 is 2. The minimum absolute atomic E-state index is 0.241. The molecule has 0 aliphatic carbocycles. The summed E-state index contributed by atoms with van der Waals surface area (Å²) < 4.78 is 10.2. The number of halogens is 1. The van der Waals surface area contributed by atoms with E-state index in [1.165, 1.54) is 18.9 Å². The van der Waals surface area contributed by atoms with E-state index in [0.29, 0.717) is 0 Å². The van der Waals surface area contributed by atoms with Gasteiger partial charge in [-0.25, -0.2) is 0 Å². The molecule has 5 heteroatoms. The fourth-order valence-electron chi connectivity index (χ4n) is 1.29. The average molecular weight is 319 g/mol. The minimum atomic E-state index is -0.608. The van der Waals surface area contributed by atoms with E-state index in [4.69, 9.17) is 9.47 Å². The lowest BCUT2D eigenvalue weighted by molar-refractivity contribution is -0.142. The van der Waals surface area contributed by atoms with Gasteiger partial charge in [0.25, 0.3) is 0 Å². The van der Waals surface area contributed by atoms with Gasteiger partial charge in [-0.05, 0) is 48.0 Å². The van der Waals surface area contributed by atoms with E-state index in [-0.39, 0.29) is 5.97 Å². The molecule has 0 atom stereocenters. The molecule has 0 aliphatic rings. The minimum Gasteiger partial charge on any atom is -0.496 e. The van der Waals surface area contributed by atoms with Crippen molar-refractivity contribution in [2.75, 3.05) is 14.2 Å². The van der Waals surface area contributed by atoms with Crippen LogP contribution in [0.2, 0.25) is 0 Å². The zero-order valence-electron chi connectivity index (χ0n) is 10.2. The summed E-state index contributed by atoms with van der Waals surface area (Å²) in [4.78, 5) is 12.5. The molecule has 0 radical (unpaired) electrons. The molecule has 0 amide bonds. The molecule has 0 aromatic heterocycles. The smallest absolute Gasteiger partial charge is 0.321 e. The van der Waals surface area contributed by atoms with Gasteiger partial charge in [0.1, 0.15) is 10.5 Å². The summed E-state index contributed by atoms with van der Waals surface area (Å²) in [5.74, 6) is 0.527. The first kappa shape index (κ1) is 14.4. The highest BCUT2D eigenvalue weighted by atomic mass is 79.9. The molecule has 0 fully saturated rings. The summed E-state index contributed by atoms with van der Waals surface area (Å²) in [5.41, 5.74) is 0.